The zero-order valence-corrected chi connectivity index (χ0v) is 15.2. The van der Waals surface area contributed by atoms with E-state index in [1.807, 2.05) is 48.5 Å². The lowest BCUT2D eigenvalue weighted by molar-refractivity contribution is -0.123. The van der Waals surface area contributed by atoms with E-state index in [0.717, 1.165) is 41.8 Å². The first-order chi connectivity index (χ1) is 12.2. The Morgan fingerprint density at radius 3 is 2.36 bits per heavy atom. The van der Waals surface area contributed by atoms with E-state index in [1.165, 1.54) is 4.42 Å². The first kappa shape index (κ1) is 17.7. The van der Waals surface area contributed by atoms with Gasteiger partial charge in [-0.1, -0.05) is 67.6 Å². The van der Waals surface area contributed by atoms with Crippen molar-refractivity contribution in [3.63, 3.8) is 0 Å². The van der Waals surface area contributed by atoms with Gasteiger partial charge in [0.1, 0.15) is 0 Å². The minimum Gasteiger partial charge on any atom is -0.299 e. The van der Waals surface area contributed by atoms with Crippen molar-refractivity contribution in [3.05, 3.63) is 77.4 Å². The highest BCUT2D eigenvalue weighted by Gasteiger charge is 2.27. The highest BCUT2D eigenvalue weighted by atomic mass is 35.5. The molecular weight excluding hydrogens is 332 g/mol. The van der Waals surface area contributed by atoms with Crippen LogP contribution in [0.25, 0.3) is 5.57 Å². The van der Waals surface area contributed by atoms with E-state index in [-0.39, 0.29) is 5.91 Å². The van der Waals surface area contributed by atoms with Crippen LogP contribution in [0.5, 0.6) is 0 Å². The fourth-order valence-electron chi connectivity index (χ4n) is 3.21. The van der Waals surface area contributed by atoms with Crippen molar-refractivity contribution >= 4 is 23.3 Å². The van der Waals surface area contributed by atoms with Crippen LogP contribution in [0.2, 0.25) is 0 Å². The van der Waals surface area contributed by atoms with Gasteiger partial charge in [0.15, 0.2) is 0 Å². The number of hydrogen-bond donors (Lipinski definition) is 0. The third-order valence-corrected chi connectivity index (χ3v) is 4.91. The van der Waals surface area contributed by atoms with Crippen molar-refractivity contribution in [2.75, 3.05) is 19.6 Å². The summed E-state index contributed by atoms with van der Waals surface area (Å²) in [5.74, 6) is -0.0949. The summed E-state index contributed by atoms with van der Waals surface area (Å²) in [4.78, 5) is 15.3. The fourth-order valence-corrected chi connectivity index (χ4v) is 3.45. The predicted octanol–water partition coefficient (Wildman–Crippen LogP) is 4.35. The lowest BCUT2D eigenvalue weighted by atomic mass is 9.93. The summed E-state index contributed by atoms with van der Waals surface area (Å²) in [7, 11) is 0. The Bertz CT molecular complexity index is 743. The highest BCUT2D eigenvalue weighted by Crippen LogP contribution is 2.29. The maximum atomic E-state index is 13.1. The van der Waals surface area contributed by atoms with E-state index in [2.05, 4.69) is 24.0 Å². The molecule has 0 fully saturated rings. The molecule has 130 valence electrons. The molecule has 3 nitrogen and oxygen atoms in total. The van der Waals surface area contributed by atoms with E-state index < -0.39 is 0 Å². The first-order valence-corrected chi connectivity index (χ1v) is 9.04. The van der Waals surface area contributed by atoms with Crippen molar-refractivity contribution in [3.8, 4) is 0 Å². The number of carbonyl (C=O) groups excluding carboxylic acids is 1. The molecular formula is C21H23ClN2O. The van der Waals surface area contributed by atoms with Crippen molar-refractivity contribution in [1.29, 1.82) is 0 Å². The Morgan fingerprint density at radius 1 is 1.08 bits per heavy atom. The molecule has 0 unspecified atom stereocenters. The normalized spacial score (nSPS) is 15.3. The average molecular weight is 355 g/mol. The Labute approximate surface area is 154 Å². The third-order valence-electron chi connectivity index (χ3n) is 4.64. The van der Waals surface area contributed by atoms with Crippen LogP contribution in [0.15, 0.2) is 66.2 Å². The van der Waals surface area contributed by atoms with Gasteiger partial charge < -0.3 is 0 Å². The molecule has 3 rings (SSSR count). The molecule has 0 N–H and O–H groups in total. The van der Waals surface area contributed by atoms with Crippen molar-refractivity contribution < 1.29 is 4.79 Å². The minimum absolute atomic E-state index is 0.0949. The maximum absolute atomic E-state index is 13.1. The van der Waals surface area contributed by atoms with Gasteiger partial charge in [-0.25, -0.2) is 4.42 Å². The Kier molecular flexibility index (Phi) is 5.90. The molecule has 2 aromatic rings. The van der Waals surface area contributed by atoms with E-state index in [9.17, 15) is 4.79 Å². The van der Waals surface area contributed by atoms with Crippen LogP contribution in [0.1, 0.15) is 24.5 Å². The molecule has 0 bridgehead atoms. The molecule has 1 amide bonds. The van der Waals surface area contributed by atoms with Gasteiger partial charge >= 0.3 is 0 Å². The van der Waals surface area contributed by atoms with Crippen LogP contribution in [0, 0.1) is 0 Å². The molecule has 0 saturated carbocycles. The van der Waals surface area contributed by atoms with Crippen LogP contribution in [-0.2, 0) is 11.3 Å². The van der Waals surface area contributed by atoms with Crippen LogP contribution < -0.4 is 0 Å². The highest BCUT2D eigenvalue weighted by molar-refractivity contribution is 6.25. The zero-order valence-electron chi connectivity index (χ0n) is 14.5. The van der Waals surface area contributed by atoms with Gasteiger partial charge in [0, 0.05) is 30.4 Å². The zero-order chi connectivity index (χ0) is 17.6. The quantitative estimate of drug-likeness (QED) is 0.745. The second kappa shape index (κ2) is 8.32. The molecule has 0 radical (unpaired) electrons. The molecule has 1 aliphatic heterocycles. The van der Waals surface area contributed by atoms with Crippen LogP contribution in [0.4, 0.5) is 0 Å². The summed E-state index contributed by atoms with van der Waals surface area (Å²) in [5, 5.41) is 0. The van der Waals surface area contributed by atoms with Gasteiger partial charge in [-0.15, -0.1) is 0 Å². The van der Waals surface area contributed by atoms with Crippen molar-refractivity contribution in [1.82, 2.24) is 9.32 Å². The minimum atomic E-state index is -0.0949. The van der Waals surface area contributed by atoms with E-state index in [1.54, 1.807) is 0 Å². The van der Waals surface area contributed by atoms with Crippen molar-refractivity contribution in [2.45, 2.75) is 19.9 Å². The first-order valence-electron chi connectivity index (χ1n) is 8.70. The van der Waals surface area contributed by atoms with Crippen molar-refractivity contribution in [2.24, 2.45) is 0 Å². The van der Waals surface area contributed by atoms with Gasteiger partial charge in [0.2, 0.25) is 0 Å². The number of carbonyl (C=O) groups is 1. The molecule has 0 atom stereocenters. The van der Waals surface area contributed by atoms with Crippen LogP contribution >= 0.6 is 11.8 Å². The SMILES string of the molecule is CCN1CCC(c2ccccc2)=C(C(=O)N(Cl)Cc2ccccc2)C1. The Morgan fingerprint density at radius 2 is 1.72 bits per heavy atom. The summed E-state index contributed by atoms with van der Waals surface area (Å²) in [6, 6.07) is 20.0. The monoisotopic (exact) mass is 354 g/mol. The maximum Gasteiger partial charge on any atom is 0.266 e. The molecule has 4 heteroatoms. The third kappa shape index (κ3) is 4.30. The Balaban J connectivity index is 1.88. The van der Waals surface area contributed by atoms with Gasteiger partial charge in [0.05, 0.1) is 6.54 Å². The molecule has 0 saturated heterocycles. The molecule has 1 heterocycles. The average Bonchev–Trinajstić information content (AvgIpc) is 2.68. The standard InChI is InChI=1S/C21H23ClN2O/c1-2-23-14-13-19(18-11-7-4-8-12-18)20(16-23)21(25)24(22)15-17-9-5-3-6-10-17/h3-12H,2,13-16H2,1H3. The topological polar surface area (TPSA) is 23.6 Å². The van der Waals surface area contributed by atoms with E-state index in [4.69, 9.17) is 11.8 Å². The second-order valence-electron chi connectivity index (χ2n) is 6.25. The molecule has 25 heavy (non-hydrogen) atoms. The van der Waals surface area contributed by atoms with E-state index >= 15 is 0 Å². The van der Waals surface area contributed by atoms with E-state index in [0.29, 0.717) is 13.1 Å². The molecule has 0 aliphatic carbocycles. The van der Waals surface area contributed by atoms with Gasteiger partial charge in [-0.05, 0) is 29.7 Å². The summed E-state index contributed by atoms with van der Waals surface area (Å²) in [6.45, 7) is 5.08. The number of nitrogens with zero attached hydrogens (tertiary/aromatic N) is 2. The van der Waals surface area contributed by atoms with Gasteiger partial charge in [0.25, 0.3) is 5.91 Å². The lowest BCUT2D eigenvalue weighted by Crippen LogP contribution is -2.36. The Hall–Kier alpha value is -2.10. The lowest BCUT2D eigenvalue weighted by Gasteiger charge is -2.30. The van der Waals surface area contributed by atoms with Crippen LogP contribution in [-0.4, -0.2) is 34.9 Å². The molecule has 0 aromatic heterocycles. The second-order valence-corrected chi connectivity index (χ2v) is 6.66. The summed E-state index contributed by atoms with van der Waals surface area (Å²) >= 11 is 6.37. The predicted molar refractivity (Wildman–Crippen MR) is 103 cm³/mol. The molecule has 0 spiro atoms. The summed E-state index contributed by atoms with van der Waals surface area (Å²) in [5.41, 5.74) is 4.07. The summed E-state index contributed by atoms with van der Waals surface area (Å²) < 4.78 is 1.31. The number of rotatable bonds is 5. The van der Waals surface area contributed by atoms with Crippen LogP contribution in [0.3, 0.4) is 0 Å². The molecule has 1 aliphatic rings. The van der Waals surface area contributed by atoms with Gasteiger partial charge in [-0.2, -0.15) is 0 Å². The number of amides is 1. The number of likely N-dealkylation sites (N-methyl/N-ethyl adjacent to an activating group) is 1. The smallest absolute Gasteiger partial charge is 0.266 e. The molecule has 2 aromatic carbocycles. The largest absolute Gasteiger partial charge is 0.299 e. The number of hydrogen-bond acceptors (Lipinski definition) is 2. The number of halogens is 1. The summed E-state index contributed by atoms with van der Waals surface area (Å²) in [6.07, 6.45) is 0.870. The number of benzene rings is 2. The fraction of sp³-hybridized carbons (Fsp3) is 0.286. The van der Waals surface area contributed by atoms with Gasteiger partial charge in [-0.3, -0.25) is 9.69 Å².